The summed E-state index contributed by atoms with van der Waals surface area (Å²) in [5.74, 6) is -0.446. The van der Waals surface area contributed by atoms with Gasteiger partial charge in [0.25, 0.3) is 15.7 Å². The Bertz CT molecular complexity index is 1420. The monoisotopic (exact) mass is 515 g/mol. The van der Waals surface area contributed by atoms with Crippen molar-refractivity contribution >= 4 is 27.3 Å². The van der Waals surface area contributed by atoms with Crippen LogP contribution in [-0.2, 0) is 27.9 Å². The van der Waals surface area contributed by atoms with Crippen LogP contribution in [0.25, 0.3) is 0 Å². The number of carbonyl (C=O) groups excluding carboxylic acids is 1. The van der Waals surface area contributed by atoms with E-state index in [1.165, 1.54) is 18.2 Å². The maximum atomic E-state index is 13.8. The van der Waals surface area contributed by atoms with E-state index in [0.29, 0.717) is 0 Å². The smallest absolute Gasteiger partial charge is 0.289 e. The van der Waals surface area contributed by atoms with Gasteiger partial charge in [0.15, 0.2) is 4.90 Å². The SMILES string of the molecule is O=C(CN(c1ccccc1)S(=O)(=O)c1ccccc1[N+](=O)[O-])N(Cc1ccccc1)Cc1ccccc1. The zero-order valence-electron chi connectivity index (χ0n) is 19.9. The fraction of sp³-hybridized carbons (Fsp3) is 0.107. The Balaban J connectivity index is 1.72. The molecule has 9 heteroatoms. The van der Waals surface area contributed by atoms with E-state index in [1.54, 1.807) is 35.2 Å². The predicted octanol–water partition coefficient (Wildman–Crippen LogP) is 5.02. The average molecular weight is 516 g/mol. The topological polar surface area (TPSA) is 101 Å². The molecule has 0 bridgehead atoms. The molecule has 37 heavy (non-hydrogen) atoms. The van der Waals surface area contributed by atoms with E-state index in [-0.39, 0.29) is 18.8 Å². The van der Waals surface area contributed by atoms with Gasteiger partial charge in [-0.2, -0.15) is 0 Å². The van der Waals surface area contributed by atoms with Crippen LogP contribution < -0.4 is 4.31 Å². The summed E-state index contributed by atoms with van der Waals surface area (Å²) in [6.45, 7) is 0.00349. The molecule has 0 saturated carbocycles. The summed E-state index contributed by atoms with van der Waals surface area (Å²) in [5, 5.41) is 11.6. The third-order valence-electron chi connectivity index (χ3n) is 5.74. The van der Waals surface area contributed by atoms with Crippen molar-refractivity contribution in [2.24, 2.45) is 0 Å². The van der Waals surface area contributed by atoms with Gasteiger partial charge in [-0.1, -0.05) is 91.0 Å². The number of hydrogen-bond acceptors (Lipinski definition) is 5. The minimum Gasteiger partial charge on any atom is -0.332 e. The largest absolute Gasteiger partial charge is 0.332 e. The van der Waals surface area contributed by atoms with Crippen LogP contribution in [0.15, 0.2) is 120 Å². The molecule has 1 amide bonds. The number of amides is 1. The number of para-hydroxylation sites is 2. The quantitative estimate of drug-likeness (QED) is 0.218. The van der Waals surface area contributed by atoms with Crippen molar-refractivity contribution in [3.8, 4) is 0 Å². The van der Waals surface area contributed by atoms with Gasteiger partial charge in [0.2, 0.25) is 5.91 Å². The second-order valence-electron chi connectivity index (χ2n) is 8.29. The molecule has 0 saturated heterocycles. The van der Waals surface area contributed by atoms with Crippen molar-refractivity contribution in [2.75, 3.05) is 10.8 Å². The summed E-state index contributed by atoms with van der Waals surface area (Å²) in [6, 6.07) is 32.1. The second kappa shape index (κ2) is 11.5. The van der Waals surface area contributed by atoms with Gasteiger partial charge in [0.05, 0.1) is 10.6 Å². The zero-order valence-corrected chi connectivity index (χ0v) is 20.7. The van der Waals surface area contributed by atoms with Crippen molar-refractivity contribution in [3.05, 3.63) is 137 Å². The highest BCUT2D eigenvalue weighted by atomic mass is 32.2. The molecule has 0 aliphatic heterocycles. The highest BCUT2D eigenvalue weighted by Crippen LogP contribution is 2.30. The number of nitro benzene ring substituents is 1. The molecule has 4 aromatic rings. The summed E-state index contributed by atoms with van der Waals surface area (Å²) in [4.78, 5) is 25.7. The Morgan fingerprint density at radius 3 is 1.68 bits per heavy atom. The van der Waals surface area contributed by atoms with Crippen molar-refractivity contribution < 1.29 is 18.1 Å². The Labute approximate surface area is 215 Å². The number of hydrogen-bond donors (Lipinski definition) is 0. The van der Waals surface area contributed by atoms with Crippen LogP contribution in [0.5, 0.6) is 0 Å². The number of nitro groups is 1. The highest BCUT2D eigenvalue weighted by Gasteiger charge is 2.34. The lowest BCUT2D eigenvalue weighted by molar-refractivity contribution is -0.387. The number of anilines is 1. The lowest BCUT2D eigenvalue weighted by Crippen LogP contribution is -2.42. The van der Waals surface area contributed by atoms with Gasteiger partial charge in [-0.3, -0.25) is 19.2 Å². The van der Waals surface area contributed by atoms with Gasteiger partial charge in [-0.05, 0) is 29.3 Å². The first kappa shape index (κ1) is 25.6. The summed E-state index contributed by atoms with van der Waals surface area (Å²) >= 11 is 0. The summed E-state index contributed by atoms with van der Waals surface area (Å²) in [7, 11) is -4.46. The van der Waals surface area contributed by atoms with Crippen molar-refractivity contribution in [3.63, 3.8) is 0 Å². The zero-order chi connectivity index (χ0) is 26.3. The molecule has 4 aromatic carbocycles. The van der Waals surface area contributed by atoms with Crippen LogP contribution >= 0.6 is 0 Å². The standard InChI is InChI=1S/C28H25N3O5S/c32-28(29(20-23-12-4-1-5-13-23)21-24-14-6-2-7-15-24)22-30(25-16-8-3-9-17-25)37(35,36)27-19-11-10-18-26(27)31(33)34/h1-19H,20-22H2. The highest BCUT2D eigenvalue weighted by molar-refractivity contribution is 7.93. The normalized spacial score (nSPS) is 11.0. The van der Waals surface area contributed by atoms with E-state index < -0.39 is 38.0 Å². The molecule has 0 aliphatic rings. The third-order valence-corrected chi connectivity index (χ3v) is 7.56. The molecule has 0 heterocycles. The maximum Gasteiger partial charge on any atom is 0.289 e. The van der Waals surface area contributed by atoms with Gasteiger partial charge in [-0.15, -0.1) is 0 Å². The van der Waals surface area contributed by atoms with E-state index in [4.69, 9.17) is 0 Å². The van der Waals surface area contributed by atoms with Crippen LogP contribution in [0, 0.1) is 10.1 Å². The molecule has 0 N–H and O–H groups in total. The first-order valence-electron chi connectivity index (χ1n) is 11.5. The van der Waals surface area contributed by atoms with Gasteiger partial charge in [-0.25, -0.2) is 8.42 Å². The Morgan fingerprint density at radius 1 is 0.703 bits per heavy atom. The Morgan fingerprint density at radius 2 is 1.16 bits per heavy atom. The van der Waals surface area contributed by atoms with Crippen molar-refractivity contribution in [1.82, 2.24) is 4.90 Å². The van der Waals surface area contributed by atoms with E-state index in [9.17, 15) is 23.3 Å². The number of carbonyl (C=O) groups is 1. The first-order chi connectivity index (χ1) is 17.9. The molecule has 4 rings (SSSR count). The van der Waals surface area contributed by atoms with Gasteiger partial charge < -0.3 is 4.90 Å². The fourth-order valence-corrected chi connectivity index (χ4v) is 5.49. The van der Waals surface area contributed by atoms with Crippen molar-refractivity contribution in [1.29, 1.82) is 0 Å². The molecular formula is C28H25N3O5S. The van der Waals surface area contributed by atoms with Gasteiger partial charge in [0, 0.05) is 19.2 Å². The van der Waals surface area contributed by atoms with Crippen LogP contribution in [0.4, 0.5) is 11.4 Å². The maximum absolute atomic E-state index is 13.8. The molecule has 0 fully saturated rings. The van der Waals surface area contributed by atoms with E-state index in [2.05, 4.69) is 0 Å². The predicted molar refractivity (Wildman–Crippen MR) is 141 cm³/mol. The summed E-state index contributed by atoms with van der Waals surface area (Å²) in [6.07, 6.45) is 0. The Hall–Kier alpha value is -4.50. The molecule has 0 unspecified atom stereocenters. The van der Waals surface area contributed by atoms with Crippen LogP contribution in [0.2, 0.25) is 0 Å². The summed E-state index contributed by atoms with van der Waals surface area (Å²) < 4.78 is 28.5. The minimum absolute atomic E-state index is 0.230. The van der Waals surface area contributed by atoms with E-state index in [1.807, 2.05) is 60.7 Å². The molecule has 0 aromatic heterocycles. The number of nitrogens with zero attached hydrogens (tertiary/aromatic N) is 3. The summed E-state index contributed by atoms with van der Waals surface area (Å²) in [5.41, 5.74) is 1.45. The lowest BCUT2D eigenvalue weighted by atomic mass is 10.1. The number of sulfonamides is 1. The molecule has 0 radical (unpaired) electrons. The molecule has 0 spiro atoms. The number of benzene rings is 4. The first-order valence-corrected chi connectivity index (χ1v) is 13.0. The second-order valence-corrected chi connectivity index (χ2v) is 10.1. The third kappa shape index (κ3) is 6.20. The minimum atomic E-state index is -4.46. The molecule has 188 valence electrons. The van der Waals surface area contributed by atoms with E-state index >= 15 is 0 Å². The molecule has 0 aliphatic carbocycles. The lowest BCUT2D eigenvalue weighted by Gasteiger charge is -2.28. The van der Waals surface area contributed by atoms with Crippen LogP contribution in [0.3, 0.4) is 0 Å². The number of rotatable bonds is 10. The molecule has 0 atom stereocenters. The van der Waals surface area contributed by atoms with Gasteiger partial charge >= 0.3 is 0 Å². The average Bonchev–Trinajstić information content (AvgIpc) is 2.92. The molecular weight excluding hydrogens is 490 g/mol. The van der Waals surface area contributed by atoms with Gasteiger partial charge in [0.1, 0.15) is 6.54 Å². The van der Waals surface area contributed by atoms with Crippen LogP contribution in [0.1, 0.15) is 11.1 Å². The van der Waals surface area contributed by atoms with Crippen LogP contribution in [-0.4, -0.2) is 30.7 Å². The molecule has 8 nitrogen and oxygen atoms in total. The fourth-order valence-electron chi connectivity index (χ4n) is 3.92. The van der Waals surface area contributed by atoms with Crippen molar-refractivity contribution in [2.45, 2.75) is 18.0 Å². The van der Waals surface area contributed by atoms with E-state index in [0.717, 1.165) is 21.5 Å². The Kier molecular flexibility index (Phi) is 7.95.